The van der Waals surface area contributed by atoms with Crippen molar-refractivity contribution in [3.63, 3.8) is 0 Å². The highest BCUT2D eigenvalue weighted by Gasteiger charge is 2.12. The van der Waals surface area contributed by atoms with Gasteiger partial charge in [-0.3, -0.25) is 4.79 Å². The summed E-state index contributed by atoms with van der Waals surface area (Å²) in [5.41, 5.74) is 0.389. The summed E-state index contributed by atoms with van der Waals surface area (Å²) in [6.45, 7) is 0. The summed E-state index contributed by atoms with van der Waals surface area (Å²) in [5.74, 6) is 0.198. The van der Waals surface area contributed by atoms with Gasteiger partial charge in [-0.05, 0) is 30.3 Å². The van der Waals surface area contributed by atoms with E-state index in [1.54, 1.807) is 36.4 Å². The van der Waals surface area contributed by atoms with E-state index in [0.29, 0.717) is 16.5 Å². The fraction of sp³-hybridized carbons (Fsp3) is 0. The lowest BCUT2D eigenvalue weighted by molar-refractivity contribution is 0.563. The monoisotopic (exact) mass is 368 g/mol. The predicted molar refractivity (Wildman–Crippen MR) is 91.5 cm³/mol. The van der Waals surface area contributed by atoms with Crippen LogP contribution in [-0.4, -0.2) is 9.97 Å². The molecule has 1 N–H and O–H groups in total. The van der Waals surface area contributed by atoms with Crippen LogP contribution in [0.1, 0.15) is 0 Å². The maximum atomic E-state index is 12.3. The molecule has 0 unspecified atom stereocenters. The normalized spacial score (nSPS) is 11.2. The molecule has 0 aliphatic rings. The van der Waals surface area contributed by atoms with Crippen molar-refractivity contribution in [2.24, 2.45) is 0 Å². The molecule has 4 aromatic rings. The number of nitrogens with one attached hydrogen (secondary N) is 1. The zero-order valence-corrected chi connectivity index (χ0v) is 13.3. The van der Waals surface area contributed by atoms with Crippen LogP contribution in [0.3, 0.4) is 0 Å². The van der Waals surface area contributed by atoms with Gasteiger partial charge >= 0.3 is 5.63 Å². The van der Waals surface area contributed by atoms with E-state index in [0.717, 1.165) is 9.86 Å². The number of halogens is 1. The zero-order valence-electron chi connectivity index (χ0n) is 11.7. The van der Waals surface area contributed by atoms with Gasteiger partial charge < -0.3 is 9.40 Å². The molecular formula is C17H9BrN2O3. The summed E-state index contributed by atoms with van der Waals surface area (Å²) in [4.78, 5) is 31.5. The molecule has 0 saturated carbocycles. The number of H-pyrrole nitrogens is 1. The van der Waals surface area contributed by atoms with E-state index >= 15 is 0 Å². The second-order valence-electron chi connectivity index (χ2n) is 5.06. The Labute approximate surface area is 137 Å². The third-order valence-corrected chi connectivity index (χ3v) is 4.06. The second-order valence-corrected chi connectivity index (χ2v) is 5.98. The molecule has 0 atom stereocenters. The maximum absolute atomic E-state index is 12.3. The minimum atomic E-state index is -0.539. The van der Waals surface area contributed by atoms with Crippen LogP contribution in [0.4, 0.5) is 0 Å². The smallest absolute Gasteiger partial charge is 0.347 e. The first-order chi connectivity index (χ1) is 11.1. The zero-order chi connectivity index (χ0) is 16.0. The average Bonchev–Trinajstić information content (AvgIpc) is 2.54. The van der Waals surface area contributed by atoms with E-state index < -0.39 is 5.63 Å². The Kier molecular flexibility index (Phi) is 3.12. The molecule has 0 radical (unpaired) electrons. The van der Waals surface area contributed by atoms with Gasteiger partial charge in [0.25, 0.3) is 5.56 Å². The molecule has 2 heterocycles. The Morgan fingerprint density at radius 1 is 1.04 bits per heavy atom. The van der Waals surface area contributed by atoms with Crippen LogP contribution < -0.4 is 11.2 Å². The number of fused-ring (bicyclic) bond motifs is 2. The Hall–Kier alpha value is -2.73. The Morgan fingerprint density at radius 2 is 1.87 bits per heavy atom. The molecule has 2 aromatic carbocycles. The van der Waals surface area contributed by atoms with E-state index in [4.69, 9.17) is 4.42 Å². The summed E-state index contributed by atoms with van der Waals surface area (Å²) < 4.78 is 6.08. The minimum absolute atomic E-state index is 0.198. The van der Waals surface area contributed by atoms with Crippen LogP contribution in [0.15, 0.2) is 67.0 Å². The van der Waals surface area contributed by atoms with E-state index in [2.05, 4.69) is 25.9 Å². The topological polar surface area (TPSA) is 76.0 Å². The Morgan fingerprint density at radius 3 is 2.74 bits per heavy atom. The van der Waals surface area contributed by atoms with E-state index in [1.807, 2.05) is 12.1 Å². The van der Waals surface area contributed by atoms with Crippen LogP contribution in [0.25, 0.3) is 33.3 Å². The minimum Gasteiger partial charge on any atom is -0.422 e. The number of aromatic amines is 1. The maximum Gasteiger partial charge on any atom is 0.347 e. The van der Waals surface area contributed by atoms with Gasteiger partial charge in [0.2, 0.25) is 0 Å². The molecule has 5 nitrogen and oxygen atoms in total. The number of nitrogens with zero attached hydrogens (tertiary/aromatic N) is 1. The van der Waals surface area contributed by atoms with Crippen LogP contribution in [0.5, 0.6) is 0 Å². The predicted octanol–water partition coefficient (Wildman–Crippen LogP) is 3.46. The van der Waals surface area contributed by atoms with Gasteiger partial charge in [0.1, 0.15) is 17.0 Å². The molecule has 2 aromatic heterocycles. The highest BCUT2D eigenvalue weighted by molar-refractivity contribution is 9.10. The highest BCUT2D eigenvalue weighted by atomic mass is 79.9. The number of para-hydroxylation sites is 1. The van der Waals surface area contributed by atoms with Crippen LogP contribution in [0.2, 0.25) is 0 Å². The molecular weight excluding hydrogens is 360 g/mol. The molecule has 0 aliphatic heterocycles. The van der Waals surface area contributed by atoms with Gasteiger partial charge in [-0.2, -0.15) is 0 Å². The fourth-order valence-electron chi connectivity index (χ4n) is 2.47. The molecule has 0 fully saturated rings. The molecule has 0 bridgehead atoms. The number of aromatic nitrogens is 2. The van der Waals surface area contributed by atoms with Crippen LogP contribution in [-0.2, 0) is 0 Å². The van der Waals surface area contributed by atoms with Gasteiger partial charge in [-0.25, -0.2) is 9.78 Å². The van der Waals surface area contributed by atoms with Crippen molar-refractivity contribution in [1.82, 2.24) is 9.97 Å². The summed E-state index contributed by atoms with van der Waals surface area (Å²) in [7, 11) is 0. The third kappa shape index (κ3) is 2.37. The van der Waals surface area contributed by atoms with Crippen molar-refractivity contribution < 1.29 is 4.42 Å². The average molecular weight is 369 g/mol. The number of benzene rings is 2. The lowest BCUT2D eigenvalue weighted by Crippen LogP contribution is -2.13. The summed E-state index contributed by atoms with van der Waals surface area (Å²) >= 11 is 3.32. The van der Waals surface area contributed by atoms with Crippen molar-refractivity contribution >= 4 is 37.8 Å². The first-order valence-corrected chi connectivity index (χ1v) is 7.64. The summed E-state index contributed by atoms with van der Waals surface area (Å²) in [5, 5.41) is 1.22. The van der Waals surface area contributed by atoms with Crippen LogP contribution in [0, 0.1) is 0 Å². The molecule has 0 saturated heterocycles. The second kappa shape index (κ2) is 5.17. The van der Waals surface area contributed by atoms with Crippen molar-refractivity contribution in [2.45, 2.75) is 0 Å². The van der Waals surface area contributed by atoms with Crippen molar-refractivity contribution in [3.05, 3.63) is 73.8 Å². The molecule has 0 aliphatic carbocycles. The molecule has 0 spiro atoms. The lowest BCUT2D eigenvalue weighted by atomic mass is 10.1. The fourth-order valence-corrected chi connectivity index (χ4v) is 2.83. The van der Waals surface area contributed by atoms with Gasteiger partial charge in [-0.1, -0.05) is 34.1 Å². The highest BCUT2D eigenvalue weighted by Crippen LogP contribution is 2.20. The number of hydrogen-bond acceptors (Lipinski definition) is 4. The first kappa shape index (κ1) is 13.9. The lowest BCUT2D eigenvalue weighted by Gasteiger charge is -2.04. The van der Waals surface area contributed by atoms with Crippen LogP contribution >= 0.6 is 15.9 Å². The van der Waals surface area contributed by atoms with E-state index in [1.165, 1.54) is 0 Å². The summed E-state index contributed by atoms with van der Waals surface area (Å²) in [6, 6.07) is 14.1. The Bertz CT molecular complexity index is 1180. The SMILES string of the molecule is O=c1oc2ccccc2cc1-c1nc2ccc(Br)cc2c(=O)[nH]1. The summed E-state index contributed by atoms with van der Waals surface area (Å²) in [6.07, 6.45) is 0. The number of hydrogen-bond donors (Lipinski definition) is 1. The molecule has 0 amide bonds. The van der Waals surface area contributed by atoms with Gasteiger partial charge in [0.05, 0.1) is 10.9 Å². The molecule has 6 heteroatoms. The molecule has 4 rings (SSSR count). The van der Waals surface area contributed by atoms with E-state index in [9.17, 15) is 9.59 Å². The quantitative estimate of drug-likeness (QED) is 0.522. The Balaban J connectivity index is 2.02. The van der Waals surface area contributed by atoms with Gasteiger partial charge in [-0.15, -0.1) is 0 Å². The van der Waals surface area contributed by atoms with Crippen molar-refractivity contribution in [3.8, 4) is 11.4 Å². The number of rotatable bonds is 1. The van der Waals surface area contributed by atoms with E-state index in [-0.39, 0.29) is 16.9 Å². The molecule has 112 valence electrons. The first-order valence-electron chi connectivity index (χ1n) is 6.85. The largest absolute Gasteiger partial charge is 0.422 e. The van der Waals surface area contributed by atoms with Gasteiger partial charge in [0, 0.05) is 9.86 Å². The standard InChI is InChI=1S/C17H9BrN2O3/c18-10-5-6-13-11(8-10)16(21)20-15(19-13)12-7-9-3-1-2-4-14(9)23-17(12)22/h1-8H,(H,19,20,21). The third-order valence-electron chi connectivity index (χ3n) is 3.56. The van der Waals surface area contributed by atoms with Crippen molar-refractivity contribution in [1.29, 1.82) is 0 Å². The van der Waals surface area contributed by atoms with Crippen molar-refractivity contribution in [2.75, 3.05) is 0 Å². The van der Waals surface area contributed by atoms with Gasteiger partial charge in [0.15, 0.2) is 0 Å². The molecule has 23 heavy (non-hydrogen) atoms.